The molecule has 0 aliphatic carbocycles. The second-order valence-corrected chi connectivity index (χ2v) is 6.09. The normalized spacial score (nSPS) is 11.7. The van der Waals surface area contributed by atoms with Gasteiger partial charge in [-0.15, -0.1) is 0 Å². The van der Waals surface area contributed by atoms with Crippen molar-refractivity contribution >= 4 is 17.8 Å². The molecule has 1 heterocycles. The largest absolute Gasteiger partial charge is 0.481 e. The van der Waals surface area contributed by atoms with Crippen LogP contribution in [0.25, 0.3) is 11.4 Å². The van der Waals surface area contributed by atoms with Crippen LogP contribution >= 0.6 is 0 Å². The molecule has 0 fully saturated rings. The van der Waals surface area contributed by atoms with Crippen LogP contribution < -0.4 is 5.32 Å². The first-order valence-corrected chi connectivity index (χ1v) is 8.39. The van der Waals surface area contributed by atoms with Crippen LogP contribution in [-0.2, 0) is 4.79 Å². The van der Waals surface area contributed by atoms with Crippen LogP contribution in [0.15, 0.2) is 47.0 Å². The zero-order valence-electron chi connectivity index (χ0n) is 15.0. The number of carboxylic acid groups (broad SMARTS) is 2. The Kier molecular flexibility index (Phi) is 5.81. The van der Waals surface area contributed by atoms with Crippen molar-refractivity contribution in [3.05, 3.63) is 71.1 Å². The van der Waals surface area contributed by atoms with Crippen molar-refractivity contribution < 1.29 is 37.9 Å². The summed E-state index contributed by atoms with van der Waals surface area (Å²) in [5.41, 5.74) is -0.486. The van der Waals surface area contributed by atoms with Crippen molar-refractivity contribution in [2.45, 2.75) is 12.5 Å². The van der Waals surface area contributed by atoms with E-state index >= 15 is 0 Å². The van der Waals surface area contributed by atoms with E-state index in [1.165, 1.54) is 18.2 Å². The fourth-order valence-electron chi connectivity index (χ4n) is 2.56. The Hall–Kier alpha value is -4.15. The SMILES string of the molecule is O=C(O)C[C@H](NC(=O)c1cccc(C(=O)O)c1)c1nc(-c2cc(F)ccc2F)no1. The number of hydrogen-bond acceptors (Lipinski definition) is 6. The highest BCUT2D eigenvalue weighted by atomic mass is 19.1. The first kappa shape index (κ1) is 20.6. The molecular formula is C19H13F2N3O6. The van der Waals surface area contributed by atoms with Crippen molar-refractivity contribution in [1.29, 1.82) is 0 Å². The Bertz CT molecular complexity index is 1130. The van der Waals surface area contributed by atoms with E-state index in [0.717, 1.165) is 24.3 Å². The second-order valence-electron chi connectivity index (χ2n) is 6.09. The number of carbonyl (C=O) groups excluding carboxylic acids is 1. The van der Waals surface area contributed by atoms with E-state index in [1.54, 1.807) is 0 Å². The molecule has 1 amide bonds. The molecule has 3 N–H and O–H groups in total. The number of benzene rings is 2. The van der Waals surface area contributed by atoms with Crippen molar-refractivity contribution in [3.8, 4) is 11.4 Å². The predicted molar refractivity (Wildman–Crippen MR) is 95.5 cm³/mol. The van der Waals surface area contributed by atoms with Gasteiger partial charge in [0.05, 0.1) is 17.5 Å². The number of rotatable bonds is 7. The highest BCUT2D eigenvalue weighted by molar-refractivity contribution is 5.97. The number of amides is 1. The first-order valence-electron chi connectivity index (χ1n) is 8.39. The fraction of sp³-hybridized carbons (Fsp3) is 0.105. The number of aromatic carboxylic acids is 1. The van der Waals surface area contributed by atoms with E-state index in [-0.39, 0.29) is 28.4 Å². The van der Waals surface area contributed by atoms with Crippen LogP contribution in [0.3, 0.4) is 0 Å². The summed E-state index contributed by atoms with van der Waals surface area (Å²) in [7, 11) is 0. The van der Waals surface area contributed by atoms with Gasteiger partial charge >= 0.3 is 11.9 Å². The summed E-state index contributed by atoms with van der Waals surface area (Å²) in [6.45, 7) is 0. The number of nitrogens with one attached hydrogen (secondary N) is 1. The van der Waals surface area contributed by atoms with Gasteiger partial charge in [0.25, 0.3) is 5.91 Å². The molecule has 2 aromatic carbocycles. The molecular weight excluding hydrogens is 404 g/mol. The van der Waals surface area contributed by atoms with E-state index in [9.17, 15) is 23.2 Å². The average Bonchev–Trinajstić information content (AvgIpc) is 3.19. The fourth-order valence-corrected chi connectivity index (χ4v) is 2.56. The average molecular weight is 417 g/mol. The lowest BCUT2D eigenvalue weighted by atomic mass is 10.1. The van der Waals surface area contributed by atoms with Gasteiger partial charge < -0.3 is 20.1 Å². The summed E-state index contributed by atoms with van der Waals surface area (Å²) in [5, 5.41) is 24.0. The highest BCUT2D eigenvalue weighted by Crippen LogP contribution is 2.24. The molecule has 1 atom stereocenters. The predicted octanol–water partition coefficient (Wildman–Crippen LogP) is 2.66. The lowest BCUT2D eigenvalue weighted by Gasteiger charge is -2.13. The molecule has 9 nitrogen and oxygen atoms in total. The van der Waals surface area contributed by atoms with E-state index in [0.29, 0.717) is 0 Å². The van der Waals surface area contributed by atoms with Gasteiger partial charge in [0, 0.05) is 5.56 Å². The Balaban J connectivity index is 1.88. The third-order valence-electron chi connectivity index (χ3n) is 3.96. The zero-order chi connectivity index (χ0) is 21.8. The third kappa shape index (κ3) is 4.63. The lowest BCUT2D eigenvalue weighted by molar-refractivity contribution is -0.137. The zero-order valence-corrected chi connectivity index (χ0v) is 15.0. The number of carbonyl (C=O) groups is 3. The minimum absolute atomic E-state index is 0.0406. The molecule has 0 spiro atoms. The van der Waals surface area contributed by atoms with Gasteiger partial charge in [-0.1, -0.05) is 11.2 Å². The molecule has 11 heteroatoms. The van der Waals surface area contributed by atoms with Crippen molar-refractivity contribution in [3.63, 3.8) is 0 Å². The van der Waals surface area contributed by atoms with E-state index in [1.807, 2.05) is 0 Å². The molecule has 3 aromatic rings. The van der Waals surface area contributed by atoms with Crippen LogP contribution in [0.1, 0.15) is 39.1 Å². The number of carboxylic acids is 2. The van der Waals surface area contributed by atoms with E-state index in [4.69, 9.17) is 14.7 Å². The maximum absolute atomic E-state index is 13.9. The molecule has 0 saturated heterocycles. The minimum Gasteiger partial charge on any atom is -0.481 e. The standard InChI is InChI=1S/C19H13F2N3O6/c20-11-4-5-13(21)12(7-11)16-23-18(30-24-16)14(8-15(25)26)22-17(27)9-2-1-3-10(6-9)19(28)29/h1-7,14H,8H2,(H,22,27)(H,25,26)(H,28,29)/t14-/m0/s1. The summed E-state index contributed by atoms with van der Waals surface area (Å²) >= 11 is 0. The summed E-state index contributed by atoms with van der Waals surface area (Å²) in [4.78, 5) is 38.6. The van der Waals surface area contributed by atoms with Crippen molar-refractivity contribution in [1.82, 2.24) is 15.5 Å². The smallest absolute Gasteiger partial charge is 0.335 e. The van der Waals surface area contributed by atoms with E-state index in [2.05, 4.69) is 15.5 Å². The summed E-state index contributed by atoms with van der Waals surface area (Å²) in [5.74, 6) is -5.60. The quantitative estimate of drug-likeness (QED) is 0.532. The minimum atomic E-state index is -1.31. The Morgan fingerprint density at radius 2 is 1.80 bits per heavy atom. The van der Waals surface area contributed by atoms with Gasteiger partial charge in [0.2, 0.25) is 11.7 Å². The number of hydrogen-bond donors (Lipinski definition) is 3. The maximum atomic E-state index is 13.9. The molecule has 3 rings (SSSR count). The molecule has 0 aliphatic heterocycles. The third-order valence-corrected chi connectivity index (χ3v) is 3.96. The number of nitrogens with zero attached hydrogens (tertiary/aromatic N) is 2. The van der Waals surface area contributed by atoms with Crippen LogP contribution in [-0.4, -0.2) is 38.2 Å². The molecule has 1 aromatic heterocycles. The van der Waals surface area contributed by atoms with Crippen LogP contribution in [0.5, 0.6) is 0 Å². The lowest BCUT2D eigenvalue weighted by Crippen LogP contribution is -2.30. The van der Waals surface area contributed by atoms with Gasteiger partial charge in [-0.25, -0.2) is 13.6 Å². The molecule has 0 saturated carbocycles. The summed E-state index contributed by atoms with van der Waals surface area (Å²) in [6, 6.07) is 6.38. The van der Waals surface area contributed by atoms with Gasteiger partial charge in [0.1, 0.15) is 17.7 Å². The molecule has 30 heavy (non-hydrogen) atoms. The van der Waals surface area contributed by atoms with Crippen LogP contribution in [0.2, 0.25) is 0 Å². The Morgan fingerprint density at radius 3 is 2.50 bits per heavy atom. The van der Waals surface area contributed by atoms with Gasteiger partial charge in [0.15, 0.2) is 0 Å². The van der Waals surface area contributed by atoms with Gasteiger partial charge in [-0.05, 0) is 36.4 Å². The first-order chi connectivity index (χ1) is 14.2. The number of halogens is 2. The maximum Gasteiger partial charge on any atom is 0.335 e. The molecule has 0 bridgehead atoms. The molecule has 0 radical (unpaired) electrons. The topological polar surface area (TPSA) is 143 Å². The summed E-state index contributed by atoms with van der Waals surface area (Å²) < 4.78 is 32.3. The monoisotopic (exact) mass is 417 g/mol. The summed E-state index contributed by atoms with van der Waals surface area (Å²) in [6.07, 6.45) is -0.655. The molecule has 154 valence electrons. The Labute approximate surface area is 167 Å². The van der Waals surface area contributed by atoms with E-state index < -0.39 is 41.9 Å². The van der Waals surface area contributed by atoms with Crippen LogP contribution in [0.4, 0.5) is 8.78 Å². The van der Waals surface area contributed by atoms with Gasteiger partial charge in [-0.3, -0.25) is 9.59 Å². The number of aliphatic carboxylic acids is 1. The molecule has 0 unspecified atom stereocenters. The second kappa shape index (κ2) is 8.47. The molecule has 0 aliphatic rings. The number of aromatic nitrogens is 2. The van der Waals surface area contributed by atoms with Crippen LogP contribution in [0, 0.1) is 11.6 Å². The van der Waals surface area contributed by atoms with Gasteiger partial charge in [-0.2, -0.15) is 4.98 Å². The Morgan fingerprint density at radius 1 is 1.07 bits per heavy atom. The van der Waals surface area contributed by atoms with Crippen molar-refractivity contribution in [2.75, 3.05) is 0 Å². The van der Waals surface area contributed by atoms with Crippen molar-refractivity contribution in [2.24, 2.45) is 0 Å². The highest BCUT2D eigenvalue weighted by Gasteiger charge is 2.26.